The van der Waals surface area contributed by atoms with Gasteiger partial charge in [0.05, 0.1) is 5.54 Å². The van der Waals surface area contributed by atoms with Gasteiger partial charge in [-0.2, -0.15) is 0 Å². The third-order valence-corrected chi connectivity index (χ3v) is 3.69. The first-order chi connectivity index (χ1) is 9.11. The van der Waals surface area contributed by atoms with Crippen molar-refractivity contribution in [2.24, 2.45) is 11.8 Å². The summed E-state index contributed by atoms with van der Waals surface area (Å²) in [5.74, 6) is 2.82. The summed E-state index contributed by atoms with van der Waals surface area (Å²) in [5, 5.41) is 2.86. The zero-order valence-corrected chi connectivity index (χ0v) is 13.4. The highest BCUT2D eigenvalue weighted by atomic mass is 16.2. The molecule has 0 bridgehead atoms. The van der Waals surface area contributed by atoms with Crippen LogP contribution in [0.2, 0.25) is 0 Å². The minimum absolute atomic E-state index is 0.0200. The first-order valence-corrected chi connectivity index (χ1v) is 7.23. The van der Waals surface area contributed by atoms with Crippen LogP contribution < -0.4 is 5.32 Å². The summed E-state index contributed by atoms with van der Waals surface area (Å²) in [6, 6.07) is -0.970. The second-order valence-electron chi connectivity index (χ2n) is 6.79. The van der Waals surface area contributed by atoms with Crippen molar-refractivity contribution in [3.05, 3.63) is 0 Å². The number of piperazine rings is 1. The number of nitrogens with zero attached hydrogens (tertiary/aromatic N) is 1. The van der Waals surface area contributed by atoms with Crippen molar-refractivity contribution in [2.75, 3.05) is 0 Å². The van der Waals surface area contributed by atoms with E-state index in [4.69, 9.17) is 6.42 Å². The molecule has 0 aromatic rings. The van der Waals surface area contributed by atoms with Crippen molar-refractivity contribution in [1.29, 1.82) is 0 Å². The molecule has 2 amide bonds. The molecule has 1 aliphatic heterocycles. The third kappa shape index (κ3) is 3.15. The molecule has 1 rings (SSSR count). The number of hydrogen-bond donors (Lipinski definition) is 1. The zero-order valence-electron chi connectivity index (χ0n) is 13.4. The predicted octanol–water partition coefficient (Wildman–Crippen LogP) is 1.80. The van der Waals surface area contributed by atoms with Crippen molar-refractivity contribution in [2.45, 2.75) is 65.6 Å². The molecule has 0 aromatic heterocycles. The lowest BCUT2D eigenvalue weighted by Crippen LogP contribution is -2.69. The van der Waals surface area contributed by atoms with E-state index in [1.165, 1.54) is 0 Å². The van der Waals surface area contributed by atoms with Gasteiger partial charge in [-0.15, -0.1) is 6.42 Å². The lowest BCUT2D eigenvalue weighted by Gasteiger charge is -2.47. The lowest BCUT2D eigenvalue weighted by atomic mass is 9.88. The van der Waals surface area contributed by atoms with Crippen LogP contribution in [0.3, 0.4) is 0 Å². The van der Waals surface area contributed by atoms with Crippen LogP contribution in [-0.4, -0.2) is 34.3 Å². The fourth-order valence-electron chi connectivity index (χ4n) is 2.67. The Balaban J connectivity index is 3.19. The third-order valence-electron chi connectivity index (χ3n) is 3.69. The SMILES string of the molecule is C#CC(C)(C)N1C(=O)C(CC(C)C)NC(=O)C1C(C)C. The molecule has 0 spiro atoms. The van der Waals surface area contributed by atoms with Crippen molar-refractivity contribution in [1.82, 2.24) is 10.2 Å². The van der Waals surface area contributed by atoms with Gasteiger partial charge in [0, 0.05) is 0 Å². The van der Waals surface area contributed by atoms with Gasteiger partial charge in [-0.1, -0.05) is 33.6 Å². The van der Waals surface area contributed by atoms with Gasteiger partial charge in [-0.05, 0) is 32.1 Å². The van der Waals surface area contributed by atoms with Crippen molar-refractivity contribution < 1.29 is 9.59 Å². The molecule has 0 radical (unpaired) electrons. The first-order valence-electron chi connectivity index (χ1n) is 7.23. The number of hydrogen-bond acceptors (Lipinski definition) is 2. The van der Waals surface area contributed by atoms with Crippen LogP contribution in [0, 0.1) is 24.2 Å². The van der Waals surface area contributed by atoms with E-state index in [9.17, 15) is 9.59 Å². The highest BCUT2D eigenvalue weighted by Gasteiger charge is 2.47. The summed E-state index contributed by atoms with van der Waals surface area (Å²) in [4.78, 5) is 26.7. The number of terminal acetylenes is 1. The molecule has 1 N–H and O–H groups in total. The van der Waals surface area contributed by atoms with Crippen LogP contribution in [0.25, 0.3) is 0 Å². The van der Waals surface area contributed by atoms with Crippen LogP contribution in [0.15, 0.2) is 0 Å². The highest BCUT2D eigenvalue weighted by molar-refractivity contribution is 5.97. The summed E-state index contributed by atoms with van der Waals surface area (Å²) >= 11 is 0. The van der Waals surface area contributed by atoms with E-state index in [1.54, 1.807) is 4.90 Å². The molecule has 112 valence electrons. The molecule has 4 heteroatoms. The summed E-state index contributed by atoms with van der Waals surface area (Å²) in [6.07, 6.45) is 6.21. The largest absolute Gasteiger partial charge is 0.342 e. The van der Waals surface area contributed by atoms with Crippen molar-refractivity contribution >= 4 is 11.8 Å². The molecule has 2 unspecified atom stereocenters. The summed E-state index contributed by atoms with van der Waals surface area (Å²) in [5.41, 5.74) is -0.765. The van der Waals surface area contributed by atoms with Gasteiger partial charge in [-0.3, -0.25) is 9.59 Å². The summed E-state index contributed by atoms with van der Waals surface area (Å²) in [7, 11) is 0. The van der Waals surface area contributed by atoms with Gasteiger partial charge in [0.25, 0.3) is 0 Å². The van der Waals surface area contributed by atoms with Gasteiger partial charge in [-0.25, -0.2) is 0 Å². The van der Waals surface area contributed by atoms with Crippen LogP contribution in [0.1, 0.15) is 48.0 Å². The Labute approximate surface area is 122 Å². The number of amides is 2. The Morgan fingerprint density at radius 1 is 1.30 bits per heavy atom. The highest BCUT2D eigenvalue weighted by Crippen LogP contribution is 2.27. The van der Waals surface area contributed by atoms with Gasteiger partial charge < -0.3 is 10.2 Å². The normalized spacial score (nSPS) is 24.1. The van der Waals surface area contributed by atoms with Crippen LogP contribution in [0.5, 0.6) is 0 Å². The average molecular weight is 278 g/mol. The Morgan fingerprint density at radius 3 is 2.25 bits per heavy atom. The van der Waals surface area contributed by atoms with E-state index in [1.807, 2.05) is 41.5 Å². The number of rotatable bonds is 4. The maximum atomic E-state index is 12.7. The van der Waals surface area contributed by atoms with Gasteiger partial charge in [0.2, 0.25) is 11.8 Å². The molecule has 1 fully saturated rings. The molecule has 0 aromatic carbocycles. The number of nitrogens with one attached hydrogen (secondary N) is 1. The molecule has 20 heavy (non-hydrogen) atoms. The summed E-state index contributed by atoms with van der Waals surface area (Å²) in [6.45, 7) is 11.5. The van der Waals surface area contributed by atoms with Crippen molar-refractivity contribution in [3.8, 4) is 12.3 Å². The topological polar surface area (TPSA) is 49.4 Å². The Kier molecular flexibility index (Phi) is 4.86. The maximum absolute atomic E-state index is 12.7. The second kappa shape index (κ2) is 5.87. The molecule has 4 nitrogen and oxygen atoms in total. The molecule has 1 aliphatic rings. The van der Waals surface area contributed by atoms with Crippen LogP contribution in [0.4, 0.5) is 0 Å². The van der Waals surface area contributed by atoms with E-state index in [0.29, 0.717) is 12.3 Å². The molecular weight excluding hydrogens is 252 g/mol. The Bertz CT molecular complexity index is 432. The van der Waals surface area contributed by atoms with Gasteiger partial charge >= 0.3 is 0 Å². The predicted molar refractivity (Wildman–Crippen MR) is 79.8 cm³/mol. The minimum Gasteiger partial charge on any atom is -0.342 e. The van der Waals surface area contributed by atoms with E-state index >= 15 is 0 Å². The number of carbonyl (C=O) groups is 2. The number of carbonyl (C=O) groups excluding carboxylic acids is 2. The minimum atomic E-state index is -0.765. The van der Waals surface area contributed by atoms with Crippen LogP contribution >= 0.6 is 0 Å². The Hall–Kier alpha value is -1.50. The van der Waals surface area contributed by atoms with Crippen molar-refractivity contribution in [3.63, 3.8) is 0 Å². The first kappa shape index (κ1) is 16.6. The second-order valence-corrected chi connectivity index (χ2v) is 6.79. The molecule has 1 saturated heterocycles. The van der Waals surface area contributed by atoms with E-state index in [2.05, 4.69) is 11.2 Å². The quantitative estimate of drug-likeness (QED) is 0.797. The molecule has 0 aliphatic carbocycles. The van der Waals surface area contributed by atoms with E-state index in [0.717, 1.165) is 0 Å². The molecule has 2 atom stereocenters. The molecular formula is C16H26N2O2. The lowest BCUT2D eigenvalue weighted by molar-refractivity contribution is -0.156. The fourth-order valence-corrected chi connectivity index (χ4v) is 2.67. The fraction of sp³-hybridized carbons (Fsp3) is 0.750. The smallest absolute Gasteiger partial charge is 0.247 e. The standard InChI is InChI=1S/C16H26N2O2/c1-8-16(6,7)18-13(11(4)5)14(19)17-12(15(18)20)9-10(2)3/h1,10-13H,9H2,2-7H3,(H,17,19). The van der Waals surface area contributed by atoms with Crippen LogP contribution in [-0.2, 0) is 9.59 Å². The maximum Gasteiger partial charge on any atom is 0.247 e. The zero-order chi connectivity index (χ0) is 15.7. The van der Waals surface area contributed by atoms with Gasteiger partial charge in [0.15, 0.2) is 0 Å². The van der Waals surface area contributed by atoms with Gasteiger partial charge in [0.1, 0.15) is 12.1 Å². The monoisotopic (exact) mass is 278 g/mol. The molecule has 1 heterocycles. The summed E-state index contributed by atoms with van der Waals surface area (Å²) < 4.78 is 0. The average Bonchev–Trinajstić information content (AvgIpc) is 2.31. The Morgan fingerprint density at radius 2 is 1.85 bits per heavy atom. The van der Waals surface area contributed by atoms with E-state index < -0.39 is 17.6 Å². The van der Waals surface area contributed by atoms with E-state index in [-0.39, 0.29) is 17.7 Å². The molecule has 0 saturated carbocycles.